The van der Waals surface area contributed by atoms with Gasteiger partial charge in [0.05, 0.1) is 6.61 Å². The molecule has 0 saturated heterocycles. The van der Waals surface area contributed by atoms with Crippen LogP contribution in [0.15, 0.2) is 23.0 Å². The lowest BCUT2D eigenvalue weighted by Crippen LogP contribution is -2.33. The minimum Gasteiger partial charge on any atom is -0.494 e. The molecular weight excluding hydrogens is 312 g/mol. The fraction of sp³-hybridized carbons (Fsp3) is 0.571. The molecule has 4 heteroatoms. The number of H-pyrrole nitrogens is 1. The van der Waals surface area contributed by atoms with Gasteiger partial charge in [-0.05, 0) is 43.9 Å². The molecule has 0 amide bonds. The lowest BCUT2D eigenvalue weighted by molar-refractivity contribution is 0.210. The molecule has 138 valence electrons. The zero-order chi connectivity index (χ0) is 18.6. The minimum absolute atomic E-state index is 0.116. The van der Waals surface area contributed by atoms with Crippen LogP contribution < -0.4 is 10.2 Å². The van der Waals surface area contributed by atoms with Gasteiger partial charge in [0.25, 0.3) is 0 Å². The Morgan fingerprint density at radius 3 is 2.32 bits per heavy atom. The summed E-state index contributed by atoms with van der Waals surface area (Å²) in [4.78, 5) is 18.9. The summed E-state index contributed by atoms with van der Waals surface area (Å²) in [5.41, 5.74) is 2.81. The van der Waals surface area contributed by atoms with E-state index in [4.69, 9.17) is 4.74 Å². The van der Waals surface area contributed by atoms with Crippen molar-refractivity contribution in [3.8, 4) is 5.75 Å². The van der Waals surface area contributed by atoms with E-state index in [1.54, 1.807) is 0 Å². The third-order valence-electron chi connectivity index (χ3n) is 4.22. The topological polar surface area (TPSA) is 45.3 Å². The van der Waals surface area contributed by atoms with Crippen molar-refractivity contribution >= 4 is 10.9 Å². The van der Waals surface area contributed by atoms with Gasteiger partial charge < -0.3 is 9.72 Å². The summed E-state index contributed by atoms with van der Waals surface area (Å²) in [5, 5.41) is 0.709. The number of hydrogen-bond acceptors (Lipinski definition) is 3. The van der Waals surface area contributed by atoms with E-state index in [1.165, 1.54) is 0 Å². The maximum absolute atomic E-state index is 13.1. The number of pyridine rings is 1. The average Bonchev–Trinajstić information content (AvgIpc) is 2.51. The van der Waals surface area contributed by atoms with Crippen LogP contribution in [0.4, 0.5) is 0 Å². The second-order valence-electron chi connectivity index (χ2n) is 7.68. The molecule has 0 saturated carbocycles. The van der Waals surface area contributed by atoms with Crippen LogP contribution in [-0.4, -0.2) is 29.6 Å². The number of fused-ring (bicyclic) bond motifs is 1. The predicted octanol–water partition coefficient (Wildman–Crippen LogP) is 4.35. The zero-order valence-corrected chi connectivity index (χ0v) is 16.5. The molecule has 25 heavy (non-hydrogen) atoms. The summed E-state index contributed by atoms with van der Waals surface area (Å²) in [6, 6.07) is 5.69. The van der Waals surface area contributed by atoms with E-state index >= 15 is 0 Å². The van der Waals surface area contributed by atoms with Crippen LogP contribution in [0.1, 0.15) is 45.9 Å². The monoisotopic (exact) mass is 344 g/mol. The number of ether oxygens (including phenoxy) is 1. The first-order chi connectivity index (χ1) is 11.8. The van der Waals surface area contributed by atoms with Crippen molar-refractivity contribution in [2.75, 3.05) is 19.7 Å². The highest BCUT2D eigenvalue weighted by Crippen LogP contribution is 2.19. The number of aromatic nitrogens is 1. The maximum atomic E-state index is 13.1. The van der Waals surface area contributed by atoms with E-state index < -0.39 is 0 Å². The first-order valence-electron chi connectivity index (χ1n) is 9.32. The number of aromatic amines is 1. The number of nitrogens with one attached hydrogen (secondary N) is 1. The van der Waals surface area contributed by atoms with Gasteiger partial charge in [-0.2, -0.15) is 0 Å². The molecule has 2 rings (SSSR count). The van der Waals surface area contributed by atoms with Crippen LogP contribution in [0.5, 0.6) is 5.75 Å². The van der Waals surface area contributed by atoms with Gasteiger partial charge in [0.15, 0.2) is 5.43 Å². The third-order valence-corrected chi connectivity index (χ3v) is 4.22. The highest BCUT2D eigenvalue weighted by Gasteiger charge is 2.16. The molecule has 2 aromatic rings. The molecule has 0 bridgehead atoms. The third kappa shape index (κ3) is 5.08. The molecule has 0 radical (unpaired) electrons. The normalized spacial score (nSPS) is 11.9. The molecule has 0 aliphatic carbocycles. The van der Waals surface area contributed by atoms with Crippen molar-refractivity contribution in [1.29, 1.82) is 0 Å². The Labute approximate surface area is 151 Å². The van der Waals surface area contributed by atoms with Crippen LogP contribution in [0.25, 0.3) is 10.9 Å². The SMILES string of the molecule is CCOc1ccc2[nH]c(C)c(CN(CC(C)C)CC(C)C)c(=O)c2c1. The molecule has 1 N–H and O–H groups in total. The Morgan fingerprint density at radius 2 is 1.76 bits per heavy atom. The Kier molecular flexibility index (Phi) is 6.65. The summed E-state index contributed by atoms with van der Waals surface area (Å²) >= 11 is 0. The molecular formula is C21H32N2O2. The second kappa shape index (κ2) is 8.52. The molecule has 1 aromatic heterocycles. The smallest absolute Gasteiger partial charge is 0.194 e. The van der Waals surface area contributed by atoms with E-state index in [0.717, 1.165) is 35.6 Å². The van der Waals surface area contributed by atoms with Crippen LogP contribution in [0.3, 0.4) is 0 Å². The highest BCUT2D eigenvalue weighted by atomic mass is 16.5. The van der Waals surface area contributed by atoms with Gasteiger partial charge in [0.2, 0.25) is 0 Å². The van der Waals surface area contributed by atoms with Crippen molar-refractivity contribution in [3.63, 3.8) is 0 Å². The number of rotatable bonds is 8. The summed E-state index contributed by atoms with van der Waals surface area (Å²) in [7, 11) is 0. The van der Waals surface area contributed by atoms with Gasteiger partial charge in [-0.15, -0.1) is 0 Å². The molecule has 0 aliphatic rings. The number of aryl methyl sites for hydroxylation is 1. The van der Waals surface area contributed by atoms with Crippen LogP contribution in [0, 0.1) is 18.8 Å². The van der Waals surface area contributed by atoms with Gasteiger partial charge in [0, 0.05) is 41.8 Å². The van der Waals surface area contributed by atoms with Gasteiger partial charge in [-0.3, -0.25) is 9.69 Å². The Balaban J connectivity index is 2.43. The standard InChI is InChI=1S/C21H32N2O2/c1-7-25-17-8-9-20-18(10-17)21(24)19(16(6)22-20)13-23(11-14(2)3)12-15(4)5/h8-10,14-15H,7,11-13H2,1-6H3,(H,22,24). The maximum Gasteiger partial charge on any atom is 0.194 e. The van der Waals surface area contributed by atoms with Crippen molar-refractivity contribution in [2.45, 2.75) is 48.1 Å². The van der Waals surface area contributed by atoms with Crippen LogP contribution in [0.2, 0.25) is 0 Å². The Bertz CT molecular complexity index is 752. The zero-order valence-electron chi connectivity index (χ0n) is 16.5. The van der Waals surface area contributed by atoms with Crippen LogP contribution >= 0.6 is 0 Å². The van der Waals surface area contributed by atoms with Crippen molar-refractivity contribution in [2.24, 2.45) is 11.8 Å². The van der Waals surface area contributed by atoms with Crippen LogP contribution in [-0.2, 0) is 6.54 Å². The molecule has 1 aromatic carbocycles. The second-order valence-corrected chi connectivity index (χ2v) is 7.68. The molecule has 1 heterocycles. The van der Waals surface area contributed by atoms with Gasteiger partial charge in [0.1, 0.15) is 5.75 Å². The van der Waals surface area contributed by atoms with E-state index in [0.29, 0.717) is 30.4 Å². The molecule has 0 fully saturated rings. The minimum atomic E-state index is 0.116. The highest BCUT2D eigenvalue weighted by molar-refractivity contribution is 5.81. The summed E-state index contributed by atoms with van der Waals surface area (Å²) < 4.78 is 5.56. The van der Waals surface area contributed by atoms with E-state index in [2.05, 4.69) is 37.6 Å². The van der Waals surface area contributed by atoms with Gasteiger partial charge >= 0.3 is 0 Å². The number of benzene rings is 1. The van der Waals surface area contributed by atoms with Crippen molar-refractivity contribution in [3.05, 3.63) is 39.7 Å². The lowest BCUT2D eigenvalue weighted by Gasteiger charge is -2.26. The van der Waals surface area contributed by atoms with E-state index in [9.17, 15) is 4.79 Å². The lowest BCUT2D eigenvalue weighted by atomic mass is 10.1. The quantitative estimate of drug-likeness (QED) is 0.774. The van der Waals surface area contributed by atoms with Gasteiger partial charge in [-0.25, -0.2) is 0 Å². The van der Waals surface area contributed by atoms with E-state index in [1.807, 2.05) is 32.0 Å². The molecule has 0 atom stereocenters. The molecule has 0 unspecified atom stereocenters. The van der Waals surface area contributed by atoms with Crippen molar-refractivity contribution in [1.82, 2.24) is 9.88 Å². The fourth-order valence-corrected chi connectivity index (χ4v) is 3.34. The summed E-state index contributed by atoms with van der Waals surface area (Å²) in [5.74, 6) is 1.89. The number of nitrogens with zero attached hydrogens (tertiary/aromatic N) is 1. The average molecular weight is 344 g/mol. The molecule has 0 spiro atoms. The first-order valence-corrected chi connectivity index (χ1v) is 9.32. The molecule has 0 aliphatic heterocycles. The first kappa shape index (κ1) is 19.5. The summed E-state index contributed by atoms with van der Waals surface area (Å²) in [6.07, 6.45) is 0. The Hall–Kier alpha value is -1.81. The van der Waals surface area contributed by atoms with E-state index in [-0.39, 0.29) is 5.43 Å². The van der Waals surface area contributed by atoms with Gasteiger partial charge in [-0.1, -0.05) is 27.7 Å². The molecule has 4 nitrogen and oxygen atoms in total. The fourth-order valence-electron chi connectivity index (χ4n) is 3.34. The number of hydrogen-bond donors (Lipinski definition) is 1. The van der Waals surface area contributed by atoms with Crippen molar-refractivity contribution < 1.29 is 4.74 Å². The predicted molar refractivity (Wildman–Crippen MR) is 105 cm³/mol. The largest absolute Gasteiger partial charge is 0.494 e. The Morgan fingerprint density at radius 1 is 1.12 bits per heavy atom. The summed E-state index contributed by atoms with van der Waals surface area (Å²) in [6.45, 7) is 16.1.